The summed E-state index contributed by atoms with van der Waals surface area (Å²) in [5.41, 5.74) is 1.34. The SMILES string of the molecule is O=C(COc1ccccc1Cl)Nc1ccccc1-n1cncn1. The summed E-state index contributed by atoms with van der Waals surface area (Å²) in [5.74, 6) is 0.173. The number of nitrogens with zero attached hydrogens (tertiary/aromatic N) is 3. The number of nitrogens with one attached hydrogen (secondary N) is 1. The molecule has 0 saturated carbocycles. The highest BCUT2D eigenvalue weighted by Crippen LogP contribution is 2.23. The Kier molecular flexibility index (Phi) is 4.54. The van der Waals surface area contributed by atoms with Crippen molar-refractivity contribution in [3.63, 3.8) is 0 Å². The van der Waals surface area contributed by atoms with Crippen molar-refractivity contribution in [2.24, 2.45) is 0 Å². The molecule has 2 aromatic carbocycles. The van der Waals surface area contributed by atoms with Crippen LogP contribution in [0.3, 0.4) is 0 Å². The third-order valence-electron chi connectivity index (χ3n) is 3.04. The Hall–Kier alpha value is -2.86. The van der Waals surface area contributed by atoms with Crippen molar-refractivity contribution in [1.29, 1.82) is 0 Å². The van der Waals surface area contributed by atoms with Crippen molar-refractivity contribution in [3.05, 3.63) is 66.2 Å². The first-order valence-corrected chi connectivity index (χ1v) is 7.23. The average molecular weight is 329 g/mol. The number of halogens is 1. The minimum atomic E-state index is -0.294. The quantitative estimate of drug-likeness (QED) is 0.782. The molecule has 0 spiro atoms. The van der Waals surface area contributed by atoms with Crippen LogP contribution in [0.2, 0.25) is 5.02 Å². The summed E-state index contributed by atoms with van der Waals surface area (Å²) >= 11 is 5.99. The predicted octanol–water partition coefficient (Wildman–Crippen LogP) is 2.94. The van der Waals surface area contributed by atoms with Crippen molar-refractivity contribution in [2.75, 3.05) is 11.9 Å². The van der Waals surface area contributed by atoms with E-state index in [2.05, 4.69) is 15.4 Å². The van der Waals surface area contributed by atoms with Crippen LogP contribution in [0, 0.1) is 0 Å². The van der Waals surface area contributed by atoms with E-state index in [-0.39, 0.29) is 12.5 Å². The van der Waals surface area contributed by atoms with Gasteiger partial charge in [-0.05, 0) is 24.3 Å². The summed E-state index contributed by atoms with van der Waals surface area (Å²) in [6.45, 7) is -0.143. The third kappa shape index (κ3) is 3.67. The smallest absolute Gasteiger partial charge is 0.262 e. The van der Waals surface area contributed by atoms with E-state index in [1.807, 2.05) is 18.2 Å². The molecule has 0 atom stereocenters. The Morgan fingerprint density at radius 2 is 1.96 bits per heavy atom. The molecule has 23 heavy (non-hydrogen) atoms. The molecule has 0 aliphatic carbocycles. The molecule has 0 unspecified atom stereocenters. The van der Waals surface area contributed by atoms with Crippen molar-refractivity contribution >= 4 is 23.2 Å². The Labute approximate surface area is 137 Å². The topological polar surface area (TPSA) is 69.0 Å². The number of anilines is 1. The van der Waals surface area contributed by atoms with Gasteiger partial charge in [0.1, 0.15) is 18.4 Å². The fraction of sp³-hybridized carbons (Fsp3) is 0.0625. The lowest BCUT2D eigenvalue weighted by Gasteiger charge is -2.11. The molecule has 0 aliphatic heterocycles. The van der Waals surface area contributed by atoms with E-state index in [1.165, 1.54) is 6.33 Å². The number of rotatable bonds is 5. The molecule has 6 nitrogen and oxygen atoms in total. The maximum Gasteiger partial charge on any atom is 0.262 e. The number of amides is 1. The second-order valence-corrected chi connectivity index (χ2v) is 5.03. The number of carbonyl (C=O) groups excluding carboxylic acids is 1. The van der Waals surface area contributed by atoms with Crippen LogP contribution in [0.5, 0.6) is 5.75 Å². The van der Waals surface area contributed by atoms with Gasteiger partial charge in [0.25, 0.3) is 5.91 Å². The van der Waals surface area contributed by atoms with Crippen LogP contribution in [0.25, 0.3) is 5.69 Å². The highest BCUT2D eigenvalue weighted by atomic mass is 35.5. The molecular formula is C16H13ClN4O2. The highest BCUT2D eigenvalue weighted by molar-refractivity contribution is 6.32. The first kappa shape index (κ1) is 15.1. The van der Waals surface area contributed by atoms with Crippen LogP contribution < -0.4 is 10.1 Å². The van der Waals surface area contributed by atoms with E-state index in [9.17, 15) is 4.79 Å². The summed E-state index contributed by atoms with van der Waals surface area (Å²) in [7, 11) is 0. The molecule has 3 aromatic rings. The van der Waals surface area contributed by atoms with Gasteiger partial charge in [-0.15, -0.1) is 0 Å². The van der Waals surface area contributed by atoms with Gasteiger partial charge in [0, 0.05) is 0 Å². The number of aromatic nitrogens is 3. The van der Waals surface area contributed by atoms with E-state index in [4.69, 9.17) is 16.3 Å². The van der Waals surface area contributed by atoms with Gasteiger partial charge < -0.3 is 10.1 Å². The average Bonchev–Trinajstić information content (AvgIpc) is 3.09. The van der Waals surface area contributed by atoms with E-state index < -0.39 is 0 Å². The number of hydrogen-bond donors (Lipinski definition) is 1. The normalized spacial score (nSPS) is 10.3. The monoisotopic (exact) mass is 328 g/mol. The molecule has 1 heterocycles. The number of para-hydroxylation sites is 3. The molecule has 7 heteroatoms. The van der Waals surface area contributed by atoms with E-state index >= 15 is 0 Å². The van der Waals surface area contributed by atoms with Gasteiger partial charge in [0.05, 0.1) is 16.4 Å². The minimum absolute atomic E-state index is 0.143. The Bertz CT molecular complexity index is 805. The lowest BCUT2D eigenvalue weighted by Crippen LogP contribution is -2.21. The van der Waals surface area contributed by atoms with Gasteiger partial charge in [-0.25, -0.2) is 9.67 Å². The lowest BCUT2D eigenvalue weighted by molar-refractivity contribution is -0.118. The molecule has 1 aromatic heterocycles. The molecule has 1 N–H and O–H groups in total. The van der Waals surface area contributed by atoms with Gasteiger partial charge in [-0.2, -0.15) is 5.10 Å². The van der Waals surface area contributed by atoms with Crippen molar-refractivity contribution in [3.8, 4) is 11.4 Å². The Morgan fingerprint density at radius 3 is 2.74 bits per heavy atom. The van der Waals surface area contributed by atoms with Gasteiger partial charge in [0.15, 0.2) is 6.61 Å². The van der Waals surface area contributed by atoms with E-state index in [0.717, 1.165) is 5.69 Å². The number of benzene rings is 2. The van der Waals surface area contributed by atoms with Crippen LogP contribution in [-0.4, -0.2) is 27.3 Å². The maximum atomic E-state index is 12.1. The van der Waals surface area contributed by atoms with Crippen molar-refractivity contribution < 1.29 is 9.53 Å². The van der Waals surface area contributed by atoms with E-state index in [0.29, 0.717) is 16.5 Å². The third-order valence-corrected chi connectivity index (χ3v) is 3.35. The second kappa shape index (κ2) is 6.93. The van der Waals surface area contributed by atoms with Crippen molar-refractivity contribution in [2.45, 2.75) is 0 Å². The molecular weight excluding hydrogens is 316 g/mol. The lowest BCUT2D eigenvalue weighted by atomic mass is 10.2. The first-order valence-electron chi connectivity index (χ1n) is 6.85. The van der Waals surface area contributed by atoms with Crippen molar-refractivity contribution in [1.82, 2.24) is 14.8 Å². The molecule has 0 aliphatic rings. The standard InChI is InChI=1S/C16H13ClN4O2/c17-12-5-1-4-8-15(12)23-9-16(22)20-13-6-2-3-7-14(13)21-11-18-10-19-21/h1-8,10-11H,9H2,(H,20,22). The number of hydrogen-bond acceptors (Lipinski definition) is 4. The molecule has 3 rings (SSSR count). The highest BCUT2D eigenvalue weighted by Gasteiger charge is 2.10. The zero-order chi connectivity index (χ0) is 16.1. The number of ether oxygens (including phenoxy) is 1. The maximum absolute atomic E-state index is 12.1. The van der Waals surface area contributed by atoms with Crippen LogP contribution in [0.1, 0.15) is 0 Å². The van der Waals surface area contributed by atoms with E-state index in [1.54, 1.807) is 41.3 Å². The summed E-state index contributed by atoms with van der Waals surface area (Å²) in [5, 5.41) is 7.32. The summed E-state index contributed by atoms with van der Waals surface area (Å²) in [4.78, 5) is 16.0. The molecule has 1 amide bonds. The zero-order valence-electron chi connectivity index (χ0n) is 12.0. The summed E-state index contributed by atoms with van der Waals surface area (Å²) in [6.07, 6.45) is 2.99. The number of carbonyl (C=O) groups is 1. The predicted molar refractivity (Wildman–Crippen MR) is 86.9 cm³/mol. The molecule has 0 radical (unpaired) electrons. The summed E-state index contributed by atoms with van der Waals surface area (Å²) < 4.78 is 7.00. The molecule has 0 saturated heterocycles. The van der Waals surface area contributed by atoms with Crippen LogP contribution >= 0.6 is 11.6 Å². The minimum Gasteiger partial charge on any atom is -0.482 e. The first-order chi connectivity index (χ1) is 11.2. The van der Waals surface area contributed by atoms with Gasteiger partial charge in [-0.1, -0.05) is 35.9 Å². The van der Waals surface area contributed by atoms with Crippen LogP contribution in [0.15, 0.2) is 61.2 Å². The van der Waals surface area contributed by atoms with Gasteiger partial charge >= 0.3 is 0 Å². The molecule has 0 bridgehead atoms. The zero-order valence-corrected chi connectivity index (χ0v) is 12.8. The molecule has 0 fully saturated rings. The fourth-order valence-electron chi connectivity index (χ4n) is 2.00. The Morgan fingerprint density at radius 1 is 1.17 bits per heavy atom. The Balaban J connectivity index is 1.68. The van der Waals surface area contributed by atoms with Crippen LogP contribution in [0.4, 0.5) is 5.69 Å². The largest absolute Gasteiger partial charge is 0.482 e. The summed E-state index contributed by atoms with van der Waals surface area (Å²) in [6, 6.07) is 14.3. The van der Waals surface area contributed by atoms with Gasteiger partial charge in [-0.3, -0.25) is 4.79 Å². The fourth-order valence-corrected chi connectivity index (χ4v) is 2.19. The van der Waals surface area contributed by atoms with Gasteiger partial charge in [0.2, 0.25) is 0 Å². The van der Waals surface area contributed by atoms with Crippen LogP contribution in [-0.2, 0) is 4.79 Å². The molecule has 116 valence electrons. The second-order valence-electron chi connectivity index (χ2n) is 4.62.